The number of aryl methyl sites for hydroxylation is 2. The summed E-state index contributed by atoms with van der Waals surface area (Å²) >= 11 is 2.38. The van der Waals surface area contributed by atoms with Crippen molar-refractivity contribution in [3.05, 3.63) is 70.9 Å². The minimum Gasteiger partial charge on any atom is -0.325 e. The Kier molecular flexibility index (Phi) is 6.59. The van der Waals surface area contributed by atoms with Gasteiger partial charge in [-0.25, -0.2) is 9.97 Å². The number of amides is 1. The van der Waals surface area contributed by atoms with Crippen molar-refractivity contribution in [2.24, 2.45) is 0 Å². The van der Waals surface area contributed by atoms with Crippen LogP contribution in [0.5, 0.6) is 0 Å². The molecule has 0 spiro atoms. The predicted octanol–water partition coefficient (Wildman–Crippen LogP) is 6.60. The summed E-state index contributed by atoms with van der Waals surface area (Å²) in [6, 6.07) is 15.6. The zero-order valence-corrected chi connectivity index (χ0v) is 19.7. The highest BCUT2D eigenvalue weighted by atomic mass is 32.2. The van der Waals surface area contributed by atoms with Gasteiger partial charge in [-0.2, -0.15) is 18.4 Å². The summed E-state index contributed by atoms with van der Waals surface area (Å²) in [5.74, 6) is -0.615. The van der Waals surface area contributed by atoms with E-state index in [2.05, 4.69) is 21.4 Å². The van der Waals surface area contributed by atoms with Gasteiger partial charge in [0.2, 0.25) is 5.91 Å². The fourth-order valence-electron chi connectivity index (χ4n) is 3.26. The molecule has 172 valence electrons. The first kappa shape index (κ1) is 23.7. The highest BCUT2D eigenvalue weighted by Crippen LogP contribution is 2.36. The van der Waals surface area contributed by atoms with Crippen LogP contribution in [0.4, 0.5) is 18.9 Å². The molecule has 0 radical (unpaired) electrons. The van der Waals surface area contributed by atoms with Crippen LogP contribution in [0.2, 0.25) is 0 Å². The van der Waals surface area contributed by atoms with Gasteiger partial charge in [-0.15, -0.1) is 11.3 Å². The first-order valence-corrected chi connectivity index (χ1v) is 11.8. The van der Waals surface area contributed by atoms with Crippen molar-refractivity contribution in [1.82, 2.24) is 9.97 Å². The van der Waals surface area contributed by atoms with E-state index < -0.39 is 23.2 Å². The van der Waals surface area contributed by atoms with Crippen molar-refractivity contribution in [2.45, 2.75) is 25.0 Å². The molecule has 34 heavy (non-hydrogen) atoms. The molecule has 0 fully saturated rings. The van der Waals surface area contributed by atoms with Crippen LogP contribution >= 0.6 is 23.1 Å². The van der Waals surface area contributed by atoms with E-state index in [9.17, 15) is 23.2 Å². The SMILES string of the molecule is Cc1ccc2nc(-c3ccc(NC(=O)CSc4nc(C)cc(C(F)(F)F)c4C#N)cc3)sc2c1. The number of carbonyl (C=O) groups excluding carboxylic acids is 1. The van der Waals surface area contributed by atoms with E-state index in [-0.39, 0.29) is 16.5 Å². The van der Waals surface area contributed by atoms with Crippen LogP contribution in [0.15, 0.2) is 53.6 Å². The number of thiazole rings is 1. The molecule has 0 aliphatic rings. The molecule has 2 aromatic heterocycles. The van der Waals surface area contributed by atoms with Crippen molar-refractivity contribution in [1.29, 1.82) is 5.26 Å². The first-order chi connectivity index (χ1) is 16.1. The minimum absolute atomic E-state index is 0.119. The molecule has 4 rings (SSSR count). The number of fused-ring (bicyclic) bond motifs is 1. The number of aromatic nitrogens is 2. The summed E-state index contributed by atoms with van der Waals surface area (Å²) in [6.07, 6.45) is -4.68. The molecule has 0 aliphatic heterocycles. The van der Waals surface area contributed by atoms with Gasteiger partial charge in [-0.05, 0) is 61.9 Å². The fourth-order valence-corrected chi connectivity index (χ4v) is 5.18. The van der Waals surface area contributed by atoms with Crippen LogP contribution in [0.3, 0.4) is 0 Å². The van der Waals surface area contributed by atoms with Crippen molar-refractivity contribution in [2.75, 3.05) is 11.1 Å². The third-order valence-electron chi connectivity index (χ3n) is 4.83. The summed E-state index contributed by atoms with van der Waals surface area (Å²) < 4.78 is 40.8. The number of rotatable bonds is 5. The van der Waals surface area contributed by atoms with E-state index in [4.69, 9.17) is 0 Å². The third kappa shape index (κ3) is 5.21. The molecule has 10 heteroatoms. The van der Waals surface area contributed by atoms with E-state index in [1.807, 2.05) is 31.2 Å². The van der Waals surface area contributed by atoms with Crippen molar-refractivity contribution >= 4 is 44.9 Å². The van der Waals surface area contributed by atoms with Crippen LogP contribution in [-0.2, 0) is 11.0 Å². The Morgan fingerprint density at radius 2 is 1.85 bits per heavy atom. The van der Waals surface area contributed by atoms with Gasteiger partial charge < -0.3 is 5.32 Å². The van der Waals surface area contributed by atoms with Gasteiger partial charge in [-0.3, -0.25) is 4.79 Å². The van der Waals surface area contributed by atoms with Crippen LogP contribution < -0.4 is 5.32 Å². The van der Waals surface area contributed by atoms with E-state index in [0.717, 1.165) is 44.2 Å². The van der Waals surface area contributed by atoms with Crippen LogP contribution in [0.25, 0.3) is 20.8 Å². The number of nitrogens with zero attached hydrogens (tertiary/aromatic N) is 3. The second kappa shape index (κ2) is 9.44. The standard InChI is InChI=1S/C24H17F3N4OS2/c1-13-3-8-19-20(9-13)34-22(31-19)15-4-6-16(7-5-15)30-21(32)12-33-23-17(11-28)18(24(25,26)27)10-14(2)29-23/h3-10H,12H2,1-2H3,(H,30,32). The lowest BCUT2D eigenvalue weighted by Gasteiger charge is -2.12. The zero-order chi connectivity index (χ0) is 24.5. The largest absolute Gasteiger partial charge is 0.417 e. The normalized spacial score (nSPS) is 11.4. The van der Waals surface area contributed by atoms with E-state index in [0.29, 0.717) is 5.69 Å². The Labute approximate surface area is 201 Å². The maximum atomic E-state index is 13.2. The molecule has 0 saturated heterocycles. The Hall–Kier alpha value is -3.42. The fraction of sp³-hybridized carbons (Fsp3) is 0.167. The van der Waals surface area contributed by atoms with E-state index in [1.165, 1.54) is 6.92 Å². The predicted molar refractivity (Wildman–Crippen MR) is 128 cm³/mol. The van der Waals surface area contributed by atoms with Gasteiger partial charge in [0.25, 0.3) is 0 Å². The van der Waals surface area contributed by atoms with Crippen molar-refractivity contribution in [3.8, 4) is 16.6 Å². The number of nitriles is 1. The summed E-state index contributed by atoms with van der Waals surface area (Å²) in [5, 5.41) is 12.7. The van der Waals surface area contributed by atoms with Gasteiger partial charge in [0.1, 0.15) is 16.1 Å². The quantitative estimate of drug-likeness (QED) is 0.314. The smallest absolute Gasteiger partial charge is 0.325 e. The average Bonchev–Trinajstić information content (AvgIpc) is 3.20. The monoisotopic (exact) mass is 498 g/mol. The van der Waals surface area contributed by atoms with E-state index in [1.54, 1.807) is 29.5 Å². The number of hydrogen-bond acceptors (Lipinski definition) is 6. The highest BCUT2D eigenvalue weighted by molar-refractivity contribution is 8.00. The van der Waals surface area contributed by atoms with Crippen LogP contribution in [0, 0.1) is 25.2 Å². The Morgan fingerprint density at radius 1 is 1.12 bits per heavy atom. The maximum absolute atomic E-state index is 13.2. The zero-order valence-electron chi connectivity index (χ0n) is 18.0. The van der Waals surface area contributed by atoms with Gasteiger partial charge in [-0.1, -0.05) is 17.8 Å². The maximum Gasteiger partial charge on any atom is 0.417 e. The third-order valence-corrected chi connectivity index (χ3v) is 6.87. The lowest BCUT2D eigenvalue weighted by atomic mass is 10.1. The average molecular weight is 499 g/mol. The van der Waals surface area contributed by atoms with Gasteiger partial charge in [0.15, 0.2) is 0 Å². The topological polar surface area (TPSA) is 78.7 Å². The summed E-state index contributed by atoms with van der Waals surface area (Å²) in [6.45, 7) is 3.44. The molecule has 0 atom stereocenters. The molecule has 2 heterocycles. The molecule has 1 amide bonds. The summed E-state index contributed by atoms with van der Waals surface area (Å²) in [5.41, 5.74) is 2.03. The molecule has 0 saturated carbocycles. The molecule has 0 unspecified atom stereocenters. The lowest BCUT2D eigenvalue weighted by molar-refractivity contribution is -0.138. The number of halogens is 3. The molecule has 2 aromatic carbocycles. The molecule has 1 N–H and O–H groups in total. The van der Waals surface area contributed by atoms with Crippen molar-refractivity contribution < 1.29 is 18.0 Å². The number of nitrogens with one attached hydrogen (secondary N) is 1. The number of pyridine rings is 1. The van der Waals surface area contributed by atoms with Crippen molar-refractivity contribution in [3.63, 3.8) is 0 Å². The molecular weight excluding hydrogens is 481 g/mol. The number of anilines is 1. The molecule has 4 aromatic rings. The second-order valence-electron chi connectivity index (χ2n) is 7.51. The lowest BCUT2D eigenvalue weighted by Crippen LogP contribution is -2.15. The molecule has 5 nitrogen and oxygen atoms in total. The molecule has 0 bridgehead atoms. The molecular formula is C24H17F3N4OS2. The van der Waals surface area contributed by atoms with E-state index >= 15 is 0 Å². The van der Waals surface area contributed by atoms with Crippen LogP contribution in [-0.4, -0.2) is 21.6 Å². The summed E-state index contributed by atoms with van der Waals surface area (Å²) in [4.78, 5) is 21.0. The number of carbonyl (C=O) groups is 1. The number of thioether (sulfide) groups is 1. The second-order valence-corrected chi connectivity index (χ2v) is 9.50. The summed E-state index contributed by atoms with van der Waals surface area (Å²) in [7, 11) is 0. The number of benzene rings is 2. The minimum atomic E-state index is -4.68. The first-order valence-electron chi connectivity index (χ1n) is 10.0. The molecule has 0 aliphatic carbocycles. The highest BCUT2D eigenvalue weighted by Gasteiger charge is 2.35. The number of alkyl halides is 3. The van der Waals surface area contributed by atoms with Crippen LogP contribution in [0.1, 0.15) is 22.4 Å². The van der Waals surface area contributed by atoms with Gasteiger partial charge in [0, 0.05) is 16.9 Å². The van der Waals surface area contributed by atoms with Gasteiger partial charge in [0.05, 0.1) is 27.1 Å². The Balaban J connectivity index is 1.44. The number of hydrogen-bond donors (Lipinski definition) is 1. The van der Waals surface area contributed by atoms with Gasteiger partial charge >= 0.3 is 6.18 Å². The Bertz CT molecular complexity index is 1420. The Morgan fingerprint density at radius 3 is 2.53 bits per heavy atom.